The number of carboxylic acids is 1. The zero-order chi connectivity index (χ0) is 12.3. The third-order valence-corrected chi connectivity index (χ3v) is 2.08. The zero-order valence-corrected chi connectivity index (χ0v) is 9.12. The van der Waals surface area contributed by atoms with Gasteiger partial charge in [-0.1, -0.05) is 6.07 Å². The van der Waals surface area contributed by atoms with Crippen molar-refractivity contribution in [2.24, 2.45) is 0 Å². The number of benzene rings is 1. The van der Waals surface area contributed by atoms with Crippen LogP contribution in [-0.4, -0.2) is 21.3 Å². The minimum absolute atomic E-state index is 0.169. The number of nitrogens with zero attached hydrogens (tertiary/aromatic N) is 2. The molecule has 0 saturated carbocycles. The van der Waals surface area contributed by atoms with Crippen LogP contribution >= 0.6 is 0 Å². The molecular formula is C12H10N2O3. The van der Waals surface area contributed by atoms with E-state index in [4.69, 9.17) is 9.84 Å². The Labute approximate surface area is 97.7 Å². The van der Waals surface area contributed by atoms with E-state index in [0.717, 1.165) is 5.69 Å². The lowest BCUT2D eigenvalue weighted by molar-refractivity contribution is 0.0696. The second-order valence-corrected chi connectivity index (χ2v) is 3.45. The molecule has 2 rings (SSSR count). The van der Waals surface area contributed by atoms with Crippen molar-refractivity contribution in [2.75, 3.05) is 0 Å². The van der Waals surface area contributed by atoms with E-state index in [2.05, 4.69) is 10.2 Å². The maximum absolute atomic E-state index is 10.8. The van der Waals surface area contributed by atoms with Gasteiger partial charge in [-0.2, -0.15) is 5.10 Å². The van der Waals surface area contributed by atoms with Crippen LogP contribution in [0.5, 0.6) is 11.6 Å². The standard InChI is InChI=1S/C12H10N2O3/c1-8-5-6-11(14-13-8)17-10-4-2-3-9(7-10)12(15)16/h2-7H,1H3,(H,15,16). The average molecular weight is 230 g/mol. The summed E-state index contributed by atoms with van der Waals surface area (Å²) in [7, 11) is 0. The summed E-state index contributed by atoms with van der Waals surface area (Å²) in [6.07, 6.45) is 0. The first-order valence-electron chi connectivity index (χ1n) is 4.97. The highest BCUT2D eigenvalue weighted by Crippen LogP contribution is 2.19. The van der Waals surface area contributed by atoms with Crippen LogP contribution in [-0.2, 0) is 0 Å². The average Bonchev–Trinajstić information content (AvgIpc) is 2.32. The van der Waals surface area contributed by atoms with Crippen molar-refractivity contribution in [1.29, 1.82) is 0 Å². The Hall–Kier alpha value is -2.43. The quantitative estimate of drug-likeness (QED) is 0.875. The van der Waals surface area contributed by atoms with Gasteiger partial charge in [0.1, 0.15) is 5.75 Å². The van der Waals surface area contributed by atoms with Crippen molar-refractivity contribution in [1.82, 2.24) is 10.2 Å². The zero-order valence-electron chi connectivity index (χ0n) is 9.12. The van der Waals surface area contributed by atoms with E-state index in [9.17, 15) is 4.79 Å². The van der Waals surface area contributed by atoms with Gasteiger partial charge < -0.3 is 9.84 Å². The lowest BCUT2D eigenvalue weighted by atomic mass is 10.2. The van der Waals surface area contributed by atoms with Crippen LogP contribution in [0.3, 0.4) is 0 Å². The van der Waals surface area contributed by atoms with Crippen molar-refractivity contribution in [3.63, 3.8) is 0 Å². The monoisotopic (exact) mass is 230 g/mol. The van der Waals surface area contributed by atoms with E-state index in [1.165, 1.54) is 12.1 Å². The Morgan fingerprint density at radius 2 is 2.06 bits per heavy atom. The Kier molecular flexibility index (Phi) is 3.00. The van der Waals surface area contributed by atoms with Gasteiger partial charge in [-0.25, -0.2) is 4.79 Å². The number of aromatic carboxylic acids is 1. The molecule has 0 unspecified atom stereocenters. The van der Waals surface area contributed by atoms with E-state index >= 15 is 0 Å². The van der Waals surface area contributed by atoms with Gasteiger partial charge in [0.05, 0.1) is 11.3 Å². The Balaban J connectivity index is 2.21. The molecule has 0 aliphatic rings. The molecule has 0 saturated heterocycles. The topological polar surface area (TPSA) is 72.3 Å². The maximum atomic E-state index is 10.8. The summed E-state index contributed by atoms with van der Waals surface area (Å²) in [4.78, 5) is 10.8. The molecule has 0 bridgehead atoms. The summed E-state index contributed by atoms with van der Waals surface area (Å²) in [6, 6.07) is 9.65. The SMILES string of the molecule is Cc1ccc(Oc2cccc(C(=O)O)c2)nn1. The number of hydrogen-bond acceptors (Lipinski definition) is 4. The number of hydrogen-bond donors (Lipinski definition) is 1. The highest BCUT2D eigenvalue weighted by atomic mass is 16.5. The molecule has 0 spiro atoms. The molecular weight excluding hydrogens is 220 g/mol. The van der Waals surface area contributed by atoms with E-state index in [1.807, 2.05) is 6.92 Å². The first-order valence-corrected chi connectivity index (χ1v) is 4.97. The van der Waals surface area contributed by atoms with Gasteiger partial charge >= 0.3 is 5.97 Å². The second kappa shape index (κ2) is 4.61. The maximum Gasteiger partial charge on any atom is 0.335 e. The molecule has 2 aromatic rings. The largest absolute Gasteiger partial charge is 0.478 e. The highest BCUT2D eigenvalue weighted by molar-refractivity contribution is 5.88. The fraction of sp³-hybridized carbons (Fsp3) is 0.0833. The summed E-state index contributed by atoms with van der Waals surface area (Å²) in [6.45, 7) is 1.82. The lowest BCUT2D eigenvalue weighted by Gasteiger charge is -2.04. The van der Waals surface area contributed by atoms with Crippen molar-refractivity contribution < 1.29 is 14.6 Å². The second-order valence-electron chi connectivity index (χ2n) is 3.45. The first-order chi connectivity index (χ1) is 8.15. The van der Waals surface area contributed by atoms with Gasteiger partial charge in [0.15, 0.2) is 0 Å². The van der Waals surface area contributed by atoms with Gasteiger partial charge in [-0.05, 0) is 31.2 Å². The number of ether oxygens (including phenoxy) is 1. The summed E-state index contributed by atoms with van der Waals surface area (Å²) < 4.78 is 5.39. The summed E-state index contributed by atoms with van der Waals surface area (Å²) in [5.74, 6) is -0.244. The molecule has 0 aliphatic carbocycles. The molecule has 5 heteroatoms. The van der Waals surface area contributed by atoms with Crippen LogP contribution in [0, 0.1) is 6.92 Å². The van der Waals surface area contributed by atoms with Crippen molar-refractivity contribution >= 4 is 5.97 Å². The highest BCUT2D eigenvalue weighted by Gasteiger charge is 2.05. The molecule has 17 heavy (non-hydrogen) atoms. The third-order valence-electron chi connectivity index (χ3n) is 2.08. The normalized spacial score (nSPS) is 9.94. The van der Waals surface area contributed by atoms with E-state index in [-0.39, 0.29) is 5.56 Å². The summed E-state index contributed by atoms with van der Waals surface area (Å²) in [5, 5.41) is 16.5. The number of carbonyl (C=O) groups is 1. The van der Waals surface area contributed by atoms with Crippen molar-refractivity contribution in [3.05, 3.63) is 47.7 Å². The van der Waals surface area contributed by atoms with Gasteiger partial charge in [-0.15, -0.1) is 5.10 Å². The molecule has 1 heterocycles. The molecule has 0 atom stereocenters. The fourth-order valence-electron chi connectivity index (χ4n) is 1.25. The Morgan fingerprint density at radius 3 is 2.71 bits per heavy atom. The molecule has 1 N–H and O–H groups in total. The molecule has 0 amide bonds. The number of aryl methyl sites for hydroxylation is 1. The number of aromatic nitrogens is 2. The molecule has 0 fully saturated rings. The van der Waals surface area contributed by atoms with Crippen LogP contribution in [0.1, 0.15) is 16.1 Å². The van der Waals surface area contributed by atoms with Gasteiger partial charge in [0, 0.05) is 6.07 Å². The third kappa shape index (κ3) is 2.78. The molecule has 5 nitrogen and oxygen atoms in total. The Bertz CT molecular complexity index is 538. The molecule has 86 valence electrons. The van der Waals surface area contributed by atoms with Crippen molar-refractivity contribution in [2.45, 2.75) is 6.92 Å². The fourth-order valence-corrected chi connectivity index (χ4v) is 1.25. The van der Waals surface area contributed by atoms with Crippen LogP contribution in [0.15, 0.2) is 36.4 Å². The number of carboxylic acid groups (broad SMARTS) is 1. The molecule has 0 aliphatic heterocycles. The minimum atomic E-state index is -0.995. The predicted octanol–water partition coefficient (Wildman–Crippen LogP) is 2.28. The summed E-state index contributed by atoms with van der Waals surface area (Å²) >= 11 is 0. The Morgan fingerprint density at radius 1 is 1.24 bits per heavy atom. The molecule has 1 aromatic heterocycles. The lowest BCUT2D eigenvalue weighted by Crippen LogP contribution is -1.97. The van der Waals surface area contributed by atoms with Gasteiger partial charge in [-0.3, -0.25) is 0 Å². The van der Waals surface area contributed by atoms with Crippen molar-refractivity contribution in [3.8, 4) is 11.6 Å². The smallest absolute Gasteiger partial charge is 0.335 e. The number of rotatable bonds is 3. The van der Waals surface area contributed by atoms with Gasteiger partial charge in [0.2, 0.25) is 5.88 Å². The van der Waals surface area contributed by atoms with E-state index < -0.39 is 5.97 Å². The van der Waals surface area contributed by atoms with Gasteiger partial charge in [0.25, 0.3) is 0 Å². The summed E-state index contributed by atoms with van der Waals surface area (Å²) in [5.41, 5.74) is 0.958. The molecule has 0 radical (unpaired) electrons. The molecule has 1 aromatic carbocycles. The first kappa shape index (κ1) is 11.1. The van der Waals surface area contributed by atoms with Crippen LogP contribution in [0.2, 0.25) is 0 Å². The van der Waals surface area contributed by atoms with E-state index in [0.29, 0.717) is 11.6 Å². The van der Waals surface area contributed by atoms with Crippen LogP contribution < -0.4 is 4.74 Å². The van der Waals surface area contributed by atoms with Crippen LogP contribution in [0.25, 0.3) is 0 Å². The minimum Gasteiger partial charge on any atom is -0.478 e. The van der Waals surface area contributed by atoms with Crippen LogP contribution in [0.4, 0.5) is 0 Å². The predicted molar refractivity (Wildman–Crippen MR) is 60.2 cm³/mol. The van der Waals surface area contributed by atoms with E-state index in [1.54, 1.807) is 24.3 Å².